The molecule has 0 radical (unpaired) electrons. The standard InChI is InChI=1S/C17H18FN3O/c1-12-3-2-8-21-15(10-20-17(12)21)9-19-11-16(22)13-4-6-14(18)7-5-13/h2-8,10,16,19,22H,9,11H2,1H3. The van der Waals surface area contributed by atoms with Crippen molar-refractivity contribution in [1.82, 2.24) is 14.7 Å². The molecule has 0 saturated heterocycles. The minimum Gasteiger partial charge on any atom is -0.387 e. The van der Waals surface area contributed by atoms with Crippen LogP contribution in [0, 0.1) is 12.7 Å². The number of halogens is 1. The molecule has 1 aromatic carbocycles. The molecule has 2 heterocycles. The number of aromatic nitrogens is 2. The van der Waals surface area contributed by atoms with Gasteiger partial charge in [-0.2, -0.15) is 0 Å². The lowest BCUT2D eigenvalue weighted by molar-refractivity contribution is 0.174. The summed E-state index contributed by atoms with van der Waals surface area (Å²) in [5.41, 5.74) is 3.80. The van der Waals surface area contributed by atoms with E-state index in [0.717, 1.165) is 16.9 Å². The van der Waals surface area contributed by atoms with Gasteiger partial charge in [0.2, 0.25) is 0 Å². The molecule has 0 amide bonds. The zero-order valence-electron chi connectivity index (χ0n) is 12.3. The van der Waals surface area contributed by atoms with Gasteiger partial charge in [-0.25, -0.2) is 9.37 Å². The van der Waals surface area contributed by atoms with Crippen molar-refractivity contribution in [2.24, 2.45) is 0 Å². The van der Waals surface area contributed by atoms with E-state index in [0.29, 0.717) is 18.7 Å². The van der Waals surface area contributed by atoms with Gasteiger partial charge < -0.3 is 14.8 Å². The number of fused-ring (bicyclic) bond motifs is 1. The first-order chi connectivity index (χ1) is 10.6. The van der Waals surface area contributed by atoms with Gasteiger partial charge in [0.25, 0.3) is 0 Å². The quantitative estimate of drug-likeness (QED) is 0.761. The van der Waals surface area contributed by atoms with E-state index in [2.05, 4.69) is 10.3 Å². The molecule has 2 aromatic heterocycles. The van der Waals surface area contributed by atoms with Gasteiger partial charge in [0.1, 0.15) is 11.5 Å². The molecule has 0 aliphatic rings. The normalized spacial score (nSPS) is 12.7. The summed E-state index contributed by atoms with van der Waals surface area (Å²) in [6.07, 6.45) is 3.14. The summed E-state index contributed by atoms with van der Waals surface area (Å²) >= 11 is 0. The molecule has 22 heavy (non-hydrogen) atoms. The average molecular weight is 299 g/mol. The second-order valence-corrected chi connectivity index (χ2v) is 5.33. The molecule has 0 fully saturated rings. The zero-order chi connectivity index (χ0) is 15.5. The summed E-state index contributed by atoms with van der Waals surface area (Å²) < 4.78 is 14.9. The Morgan fingerprint density at radius 2 is 2.05 bits per heavy atom. The fraction of sp³-hybridized carbons (Fsp3) is 0.235. The Kier molecular flexibility index (Phi) is 4.18. The molecular formula is C17H18FN3O. The van der Waals surface area contributed by atoms with Crippen LogP contribution in [0.15, 0.2) is 48.8 Å². The van der Waals surface area contributed by atoms with Gasteiger partial charge in [-0.05, 0) is 36.2 Å². The molecule has 1 atom stereocenters. The molecule has 3 aromatic rings. The van der Waals surface area contributed by atoms with Crippen LogP contribution in [0.25, 0.3) is 5.65 Å². The number of pyridine rings is 1. The van der Waals surface area contributed by atoms with Crippen LogP contribution in [0.3, 0.4) is 0 Å². The highest BCUT2D eigenvalue weighted by Gasteiger charge is 2.09. The van der Waals surface area contributed by atoms with Crippen molar-refractivity contribution >= 4 is 5.65 Å². The molecule has 0 aliphatic heterocycles. The number of hydrogen-bond acceptors (Lipinski definition) is 3. The zero-order valence-corrected chi connectivity index (χ0v) is 12.3. The monoisotopic (exact) mass is 299 g/mol. The van der Waals surface area contributed by atoms with Crippen molar-refractivity contribution in [3.63, 3.8) is 0 Å². The number of imidazole rings is 1. The molecule has 0 spiro atoms. The Morgan fingerprint density at radius 1 is 1.27 bits per heavy atom. The van der Waals surface area contributed by atoms with Gasteiger partial charge >= 0.3 is 0 Å². The van der Waals surface area contributed by atoms with Crippen LogP contribution in [0.4, 0.5) is 4.39 Å². The van der Waals surface area contributed by atoms with E-state index in [-0.39, 0.29) is 5.82 Å². The molecule has 2 N–H and O–H groups in total. The van der Waals surface area contributed by atoms with Crippen LogP contribution in [-0.4, -0.2) is 21.0 Å². The first-order valence-corrected chi connectivity index (χ1v) is 7.21. The van der Waals surface area contributed by atoms with Gasteiger partial charge in [-0.15, -0.1) is 0 Å². The van der Waals surface area contributed by atoms with E-state index in [4.69, 9.17) is 0 Å². The van der Waals surface area contributed by atoms with Crippen molar-refractivity contribution in [2.75, 3.05) is 6.54 Å². The van der Waals surface area contributed by atoms with E-state index < -0.39 is 6.10 Å². The first-order valence-electron chi connectivity index (χ1n) is 7.21. The van der Waals surface area contributed by atoms with Gasteiger partial charge in [0.05, 0.1) is 18.0 Å². The lowest BCUT2D eigenvalue weighted by Gasteiger charge is -2.12. The molecule has 0 aliphatic carbocycles. The third kappa shape index (κ3) is 3.00. The molecule has 0 bridgehead atoms. The first kappa shape index (κ1) is 14.7. The van der Waals surface area contributed by atoms with Crippen LogP contribution >= 0.6 is 0 Å². The Bertz CT molecular complexity index is 767. The van der Waals surface area contributed by atoms with Crippen molar-refractivity contribution in [3.05, 3.63) is 71.4 Å². The lowest BCUT2D eigenvalue weighted by atomic mass is 10.1. The minimum absolute atomic E-state index is 0.301. The number of rotatable bonds is 5. The molecule has 3 rings (SSSR count). The van der Waals surface area contributed by atoms with E-state index in [1.54, 1.807) is 12.1 Å². The summed E-state index contributed by atoms with van der Waals surface area (Å²) in [7, 11) is 0. The lowest BCUT2D eigenvalue weighted by Crippen LogP contribution is -2.21. The van der Waals surface area contributed by atoms with E-state index in [1.807, 2.05) is 35.9 Å². The molecule has 4 nitrogen and oxygen atoms in total. The van der Waals surface area contributed by atoms with Crippen LogP contribution in [0.2, 0.25) is 0 Å². The summed E-state index contributed by atoms with van der Waals surface area (Å²) in [6, 6.07) is 9.91. The van der Waals surface area contributed by atoms with Crippen molar-refractivity contribution in [3.8, 4) is 0 Å². The van der Waals surface area contributed by atoms with Crippen LogP contribution < -0.4 is 5.32 Å². The maximum absolute atomic E-state index is 12.9. The van der Waals surface area contributed by atoms with Crippen LogP contribution in [-0.2, 0) is 6.54 Å². The summed E-state index contributed by atoms with van der Waals surface area (Å²) in [5, 5.41) is 13.3. The van der Waals surface area contributed by atoms with Gasteiger partial charge in [-0.1, -0.05) is 18.2 Å². The van der Waals surface area contributed by atoms with E-state index in [9.17, 15) is 9.50 Å². The predicted octanol–water partition coefficient (Wildman–Crippen LogP) is 2.61. The van der Waals surface area contributed by atoms with E-state index in [1.165, 1.54) is 12.1 Å². The van der Waals surface area contributed by atoms with Crippen molar-refractivity contribution in [1.29, 1.82) is 0 Å². The van der Waals surface area contributed by atoms with Crippen molar-refractivity contribution in [2.45, 2.75) is 19.6 Å². The van der Waals surface area contributed by atoms with E-state index >= 15 is 0 Å². The highest BCUT2D eigenvalue weighted by atomic mass is 19.1. The number of nitrogens with zero attached hydrogens (tertiary/aromatic N) is 2. The fourth-order valence-corrected chi connectivity index (χ4v) is 2.47. The van der Waals surface area contributed by atoms with Gasteiger partial charge in [0.15, 0.2) is 0 Å². The molecule has 114 valence electrons. The minimum atomic E-state index is -0.665. The largest absolute Gasteiger partial charge is 0.387 e. The highest BCUT2D eigenvalue weighted by molar-refractivity contribution is 5.48. The molecule has 0 saturated carbocycles. The van der Waals surface area contributed by atoms with Gasteiger partial charge in [-0.3, -0.25) is 0 Å². The third-order valence-electron chi connectivity index (χ3n) is 3.71. The van der Waals surface area contributed by atoms with Crippen LogP contribution in [0.1, 0.15) is 22.9 Å². The summed E-state index contributed by atoms with van der Waals surface area (Å²) in [5.74, 6) is -0.301. The third-order valence-corrected chi connectivity index (χ3v) is 3.71. The fourth-order valence-electron chi connectivity index (χ4n) is 2.47. The second kappa shape index (κ2) is 6.25. The summed E-state index contributed by atoms with van der Waals surface area (Å²) in [6.45, 7) is 3.02. The summed E-state index contributed by atoms with van der Waals surface area (Å²) in [4.78, 5) is 4.40. The van der Waals surface area contributed by atoms with Crippen LogP contribution in [0.5, 0.6) is 0 Å². The Balaban J connectivity index is 1.62. The smallest absolute Gasteiger partial charge is 0.139 e. The highest BCUT2D eigenvalue weighted by Crippen LogP contribution is 2.14. The molecule has 1 unspecified atom stereocenters. The number of benzene rings is 1. The number of hydrogen-bond donors (Lipinski definition) is 2. The SMILES string of the molecule is Cc1cccn2c(CNCC(O)c3ccc(F)cc3)cnc12. The number of aliphatic hydroxyl groups is 1. The maximum Gasteiger partial charge on any atom is 0.139 e. The molecular weight excluding hydrogens is 281 g/mol. The number of aryl methyl sites for hydroxylation is 1. The number of aliphatic hydroxyl groups excluding tert-OH is 1. The Hall–Kier alpha value is -2.24. The topological polar surface area (TPSA) is 49.6 Å². The second-order valence-electron chi connectivity index (χ2n) is 5.33. The van der Waals surface area contributed by atoms with Crippen molar-refractivity contribution < 1.29 is 9.50 Å². The molecule has 5 heteroatoms. The van der Waals surface area contributed by atoms with Gasteiger partial charge in [0, 0.05) is 19.3 Å². The Morgan fingerprint density at radius 3 is 2.82 bits per heavy atom. The Labute approximate surface area is 128 Å². The average Bonchev–Trinajstić information content (AvgIpc) is 2.93. The maximum atomic E-state index is 12.9. The predicted molar refractivity (Wildman–Crippen MR) is 83.0 cm³/mol. The number of nitrogens with one attached hydrogen (secondary N) is 1.